The normalized spacial score (nSPS) is 12.7. The lowest BCUT2D eigenvalue weighted by molar-refractivity contribution is 0.376. The number of unbranched alkanes of at least 4 members (excludes halogenated alkanes) is 14. The zero-order valence-electron chi connectivity index (χ0n) is 68.9. The molecule has 104 heavy (non-hydrogen) atoms. The number of ether oxygens (including phenoxy) is 4. The molecule has 6 aromatic rings. The van der Waals surface area contributed by atoms with Crippen molar-refractivity contribution >= 4 is 47.0 Å². The molecular weight excluding hydrogens is 1370 g/mol. The van der Waals surface area contributed by atoms with Crippen LogP contribution in [0.3, 0.4) is 0 Å². The minimum absolute atomic E-state index is 0.119. The summed E-state index contributed by atoms with van der Waals surface area (Å²) < 4.78 is 25.6. The third-order valence-corrected chi connectivity index (χ3v) is 22.3. The van der Waals surface area contributed by atoms with Crippen molar-refractivity contribution in [3.8, 4) is 70.0 Å². The van der Waals surface area contributed by atoms with E-state index in [9.17, 15) is 20.4 Å². The van der Waals surface area contributed by atoms with Crippen molar-refractivity contribution in [1.29, 1.82) is 0 Å². The van der Waals surface area contributed by atoms with E-state index in [4.69, 9.17) is 38.9 Å². The maximum absolute atomic E-state index is 11.3. The van der Waals surface area contributed by atoms with Crippen LogP contribution in [0.4, 0.5) is 0 Å². The Hall–Kier alpha value is -5.30. The first-order chi connectivity index (χ1) is 48.2. The topological polar surface area (TPSA) is 195 Å². The molecule has 2 heterocycles. The molecule has 0 aliphatic heterocycles. The first kappa shape index (κ1) is 89.3. The van der Waals surface area contributed by atoms with Crippen LogP contribution >= 0.6 is 47.0 Å². The number of hydrogen-bond acceptors (Lipinski definition) is 18. The predicted molar refractivity (Wildman–Crippen MR) is 443 cm³/mol. The fraction of sp³-hybridized carbons (Fsp3) is 0.651. The van der Waals surface area contributed by atoms with Gasteiger partial charge < -0.3 is 39.4 Å². The molecule has 0 fully saturated rings. The Morgan fingerprint density at radius 1 is 0.250 bits per heavy atom. The third kappa shape index (κ3) is 29.0. The van der Waals surface area contributed by atoms with Crippen molar-refractivity contribution in [3.05, 3.63) is 93.0 Å². The van der Waals surface area contributed by atoms with Crippen LogP contribution < -0.4 is 18.9 Å². The van der Waals surface area contributed by atoms with Gasteiger partial charge in [0, 0.05) is 67.5 Å². The maximum Gasteiger partial charge on any atom is 0.329 e. The van der Waals surface area contributed by atoms with E-state index in [-0.39, 0.29) is 90.4 Å². The van der Waals surface area contributed by atoms with E-state index in [1.165, 1.54) is 103 Å². The van der Waals surface area contributed by atoms with Crippen molar-refractivity contribution in [1.82, 2.24) is 29.9 Å². The second-order valence-corrected chi connectivity index (χ2v) is 40.7. The van der Waals surface area contributed by atoms with Gasteiger partial charge in [-0.2, -0.15) is 43.5 Å². The molecule has 0 bridgehead atoms. The fourth-order valence-corrected chi connectivity index (χ4v) is 15.6. The number of aromatic hydroxyl groups is 4. The predicted octanol–water partition coefficient (Wildman–Crippen LogP) is 26.0. The molecule has 0 aliphatic rings. The van der Waals surface area contributed by atoms with E-state index in [1.807, 2.05) is 72.1 Å². The molecule has 0 spiro atoms. The highest BCUT2D eigenvalue weighted by atomic mass is 32.2. The van der Waals surface area contributed by atoms with Crippen LogP contribution in [0, 0.1) is 0 Å². The van der Waals surface area contributed by atoms with Crippen LogP contribution in [-0.2, 0) is 43.3 Å². The Morgan fingerprint density at radius 3 is 0.615 bits per heavy atom. The molecule has 0 atom stereocenters. The summed E-state index contributed by atoms with van der Waals surface area (Å²) in [5, 5.41) is 46.2. The van der Waals surface area contributed by atoms with Gasteiger partial charge >= 0.3 is 24.0 Å². The van der Waals surface area contributed by atoms with Crippen molar-refractivity contribution in [2.75, 3.05) is 34.5 Å². The van der Waals surface area contributed by atoms with Crippen LogP contribution in [0.1, 0.15) is 327 Å². The molecule has 2 aromatic heterocycles. The molecule has 14 nitrogen and oxygen atoms in total. The van der Waals surface area contributed by atoms with E-state index in [0.29, 0.717) is 33.3 Å². The average Bonchev–Trinajstić information content (AvgIpc) is 0.797. The summed E-state index contributed by atoms with van der Waals surface area (Å²) in [5.74, 6) is 9.26. The summed E-state index contributed by atoms with van der Waals surface area (Å²) in [6.07, 6.45) is 21.3. The van der Waals surface area contributed by atoms with E-state index in [0.717, 1.165) is 79.0 Å². The summed E-state index contributed by atoms with van der Waals surface area (Å²) in [7, 11) is 0. The number of benzene rings is 4. The molecule has 0 saturated carbocycles. The number of phenolic OH excluding ortho intramolecular Hbond substituents is 4. The van der Waals surface area contributed by atoms with Crippen LogP contribution in [0.2, 0.25) is 0 Å². The molecule has 0 saturated heterocycles. The van der Waals surface area contributed by atoms with E-state index in [1.54, 1.807) is 23.5 Å². The summed E-state index contributed by atoms with van der Waals surface area (Å²) in [5.41, 5.74) is 3.74. The molecule has 0 radical (unpaired) electrons. The largest absolute Gasteiger partial charge is 0.507 e. The number of nitrogens with zero attached hydrogens (tertiary/aromatic N) is 6. The fourth-order valence-electron chi connectivity index (χ4n) is 11.9. The highest BCUT2D eigenvalue weighted by Gasteiger charge is 2.33. The van der Waals surface area contributed by atoms with Gasteiger partial charge in [0.2, 0.25) is 0 Å². The quantitative estimate of drug-likeness (QED) is 0.0220. The highest BCUT2D eigenvalue weighted by molar-refractivity contribution is 8.03. The standard InChI is InChI=1S/C45H71N3O4S2.C41H63N3O4S2/c1-14-15-16-17-18-19-20-21-22-23-24-53-25-26-54-41-47-39(51-31-27-33(42(2,3)4)37(49)34(28-31)43(5,6)7)46-40(48-41)52-32-29-35(44(8,9)10)38(50)36(30-32)45(11,12)13;1-14-15-16-17-18-19-20-49-21-22-50-37-43-35(47-27-23-29(38(2,3)4)33(45)30(24-27)39(5,6)7)42-36(44-37)48-28-25-31(40(8,9)10)34(46)32(26-28)41(11,12)13/h27-30,49-50H,14-26H2,1-13H3;23-26,45-46H,14-22H2,1-13H3. The minimum Gasteiger partial charge on any atom is -0.507 e. The van der Waals surface area contributed by atoms with Gasteiger partial charge in [-0.3, -0.25) is 0 Å². The van der Waals surface area contributed by atoms with Crippen LogP contribution in [-0.4, -0.2) is 84.8 Å². The Labute approximate surface area is 646 Å². The van der Waals surface area contributed by atoms with Gasteiger partial charge in [-0.1, -0.05) is 293 Å². The molecule has 0 amide bonds. The Balaban J connectivity index is 0.000000375. The monoisotopic (exact) mass is 1510 g/mol. The third-order valence-electron chi connectivity index (χ3n) is 18.0. The Kier molecular flexibility index (Phi) is 33.7. The van der Waals surface area contributed by atoms with Gasteiger partial charge in [-0.25, -0.2) is 0 Å². The van der Waals surface area contributed by atoms with Crippen LogP contribution in [0.25, 0.3) is 0 Å². The van der Waals surface area contributed by atoms with Gasteiger partial charge in [0.25, 0.3) is 0 Å². The maximum atomic E-state index is 11.3. The first-order valence-electron chi connectivity index (χ1n) is 38.4. The lowest BCUT2D eigenvalue weighted by atomic mass is 9.79. The van der Waals surface area contributed by atoms with Gasteiger partial charge in [0.15, 0.2) is 10.3 Å². The molecule has 0 aliphatic carbocycles. The van der Waals surface area contributed by atoms with Gasteiger partial charge in [0.1, 0.15) is 46.0 Å². The van der Waals surface area contributed by atoms with E-state index < -0.39 is 0 Å². The molecule has 6 rings (SSSR count). The van der Waals surface area contributed by atoms with Crippen LogP contribution in [0.15, 0.2) is 58.8 Å². The second-order valence-electron chi connectivity index (χ2n) is 36.1. The smallest absolute Gasteiger partial charge is 0.329 e. The molecule has 0 unspecified atom stereocenters. The Morgan fingerprint density at radius 2 is 0.433 bits per heavy atom. The van der Waals surface area contributed by atoms with Crippen molar-refractivity contribution < 1.29 is 39.4 Å². The number of thioether (sulfide) groups is 4. The number of aromatic nitrogens is 6. The van der Waals surface area contributed by atoms with E-state index in [2.05, 4.69) is 190 Å². The zero-order valence-corrected chi connectivity index (χ0v) is 72.2. The average molecular weight is 1510 g/mol. The SMILES string of the molecule is CCCCCCCCCCCCSCCSc1nc(Oc2cc(C(C)(C)C)c(O)c(C(C)(C)C)c2)nc(Oc2cc(C(C)(C)C)c(O)c(C(C)(C)C)c2)n1.CCCCCCCCSCCSc1nc(Oc2cc(C(C)(C)C)c(O)c(C(C)(C)C)c2)nc(Oc2cc(C(C)(C)C)c(O)c(C(C)(C)C)c2)n1. The first-order valence-corrected chi connectivity index (χ1v) is 42.7. The van der Waals surface area contributed by atoms with Gasteiger partial charge in [-0.05, 0) is 116 Å². The highest BCUT2D eigenvalue weighted by Crippen LogP contribution is 2.48. The summed E-state index contributed by atoms with van der Waals surface area (Å²) >= 11 is 7.07. The minimum atomic E-state index is -0.322. The Bertz CT molecular complexity index is 3330. The number of rotatable bonds is 34. The van der Waals surface area contributed by atoms with Crippen molar-refractivity contribution in [2.45, 2.75) is 336 Å². The summed E-state index contributed by atoms with van der Waals surface area (Å²) in [6.45, 7) is 54.3. The lowest BCUT2D eigenvalue weighted by Gasteiger charge is -2.28. The van der Waals surface area contributed by atoms with Gasteiger partial charge in [-0.15, -0.1) is 9.97 Å². The van der Waals surface area contributed by atoms with E-state index >= 15 is 0 Å². The molecular formula is C86H134N6O8S4. The molecule has 18 heteroatoms. The molecule has 4 aromatic carbocycles. The second kappa shape index (κ2) is 39.2. The number of phenols is 4. The van der Waals surface area contributed by atoms with Crippen molar-refractivity contribution in [3.63, 3.8) is 0 Å². The summed E-state index contributed by atoms with van der Waals surface area (Å²) in [4.78, 5) is 28.1. The molecule has 4 N–H and O–H groups in total. The van der Waals surface area contributed by atoms with Gasteiger partial charge in [0.05, 0.1) is 0 Å². The lowest BCUT2D eigenvalue weighted by Crippen LogP contribution is -2.17. The van der Waals surface area contributed by atoms with Crippen molar-refractivity contribution in [2.24, 2.45) is 0 Å². The molecule has 580 valence electrons. The number of hydrogen-bond donors (Lipinski definition) is 4. The zero-order chi connectivity index (χ0) is 77.8. The van der Waals surface area contributed by atoms with Crippen LogP contribution in [0.5, 0.6) is 70.0 Å². The summed E-state index contributed by atoms with van der Waals surface area (Å²) in [6, 6.07) is 15.4.